The minimum absolute atomic E-state index is 0.0926. The zero-order valence-corrected chi connectivity index (χ0v) is 21.0. The maximum atomic E-state index is 13.2. The van der Waals surface area contributed by atoms with Gasteiger partial charge in [-0.05, 0) is 59.9 Å². The molecular weight excluding hydrogens is 513 g/mol. The lowest BCUT2D eigenvalue weighted by atomic mass is 9.79. The second-order valence-electron chi connectivity index (χ2n) is 7.94. The SMILES string of the molecule is O=C(OCC(=O)N1N=C2/C(=C\c3cccs3)CCC[C@H]2[C@@H]1c1cccs1)c1cnc(Cl)c(Cl)c1. The van der Waals surface area contributed by atoms with Crippen LogP contribution in [0.3, 0.4) is 0 Å². The number of hydrogen-bond acceptors (Lipinski definition) is 7. The monoisotopic (exact) mass is 531 g/mol. The van der Waals surface area contributed by atoms with E-state index in [0.29, 0.717) is 0 Å². The first-order valence-electron chi connectivity index (χ1n) is 10.7. The molecule has 0 saturated heterocycles. The van der Waals surface area contributed by atoms with E-state index in [1.165, 1.54) is 22.1 Å². The Morgan fingerprint density at radius 1 is 1.21 bits per heavy atom. The molecule has 10 heteroatoms. The highest BCUT2D eigenvalue weighted by Crippen LogP contribution is 2.45. The number of nitrogens with zero attached hydrogens (tertiary/aromatic N) is 3. The fourth-order valence-electron chi connectivity index (χ4n) is 4.30. The molecule has 1 saturated carbocycles. The van der Waals surface area contributed by atoms with E-state index in [1.807, 2.05) is 29.0 Å². The third kappa shape index (κ3) is 4.68. The predicted molar refractivity (Wildman–Crippen MR) is 136 cm³/mol. The molecule has 2 aliphatic rings. The molecule has 6 nitrogen and oxygen atoms in total. The van der Waals surface area contributed by atoms with Gasteiger partial charge >= 0.3 is 5.97 Å². The molecule has 174 valence electrons. The normalized spacial score (nSPS) is 20.8. The summed E-state index contributed by atoms with van der Waals surface area (Å²) in [5, 5.41) is 10.6. The number of allylic oxidation sites excluding steroid dienone is 1. The Kier molecular flexibility index (Phi) is 6.83. The van der Waals surface area contributed by atoms with Gasteiger partial charge in [0, 0.05) is 21.9 Å². The van der Waals surface area contributed by atoms with Crippen molar-refractivity contribution in [2.45, 2.75) is 25.3 Å². The van der Waals surface area contributed by atoms with E-state index >= 15 is 0 Å². The van der Waals surface area contributed by atoms with Crippen LogP contribution in [-0.4, -0.2) is 34.2 Å². The zero-order valence-electron chi connectivity index (χ0n) is 17.8. The van der Waals surface area contributed by atoms with E-state index in [1.54, 1.807) is 22.7 Å². The van der Waals surface area contributed by atoms with Gasteiger partial charge in [0.2, 0.25) is 0 Å². The van der Waals surface area contributed by atoms with Gasteiger partial charge in [-0.2, -0.15) is 5.10 Å². The third-order valence-electron chi connectivity index (χ3n) is 5.81. The fourth-order valence-corrected chi connectivity index (χ4v) is 6.13. The first kappa shape index (κ1) is 23.2. The highest BCUT2D eigenvalue weighted by molar-refractivity contribution is 7.11. The van der Waals surface area contributed by atoms with E-state index < -0.39 is 12.6 Å². The van der Waals surface area contributed by atoms with Crippen LogP contribution in [0.2, 0.25) is 10.2 Å². The Morgan fingerprint density at radius 3 is 2.76 bits per heavy atom. The summed E-state index contributed by atoms with van der Waals surface area (Å²) >= 11 is 15.0. The number of hydrazone groups is 1. The van der Waals surface area contributed by atoms with Crippen molar-refractivity contribution in [3.05, 3.63) is 78.4 Å². The maximum absolute atomic E-state index is 13.2. The third-order valence-corrected chi connectivity index (χ3v) is 8.26. The van der Waals surface area contributed by atoms with Crippen molar-refractivity contribution in [2.75, 3.05) is 6.61 Å². The number of esters is 1. The highest BCUT2D eigenvalue weighted by atomic mass is 35.5. The van der Waals surface area contributed by atoms with Crippen molar-refractivity contribution < 1.29 is 14.3 Å². The molecule has 1 amide bonds. The van der Waals surface area contributed by atoms with Gasteiger partial charge in [-0.25, -0.2) is 14.8 Å². The highest BCUT2D eigenvalue weighted by Gasteiger charge is 2.44. The van der Waals surface area contributed by atoms with Crippen LogP contribution >= 0.6 is 45.9 Å². The average Bonchev–Trinajstić information content (AvgIpc) is 3.60. The Hall–Kier alpha value is -2.52. The summed E-state index contributed by atoms with van der Waals surface area (Å²) in [5.41, 5.74) is 2.24. The number of halogens is 2. The molecule has 0 bridgehead atoms. The average molecular weight is 532 g/mol. The van der Waals surface area contributed by atoms with Crippen LogP contribution in [0.15, 0.2) is 58.0 Å². The molecule has 1 aliphatic carbocycles. The quantitative estimate of drug-likeness (QED) is 0.278. The lowest BCUT2D eigenvalue weighted by molar-refractivity contribution is -0.136. The van der Waals surface area contributed by atoms with Gasteiger partial charge in [-0.3, -0.25) is 4.79 Å². The minimum Gasteiger partial charge on any atom is -0.452 e. The fraction of sp³-hybridized carbons (Fsp3) is 0.250. The number of fused-ring (bicyclic) bond motifs is 1. The molecule has 0 radical (unpaired) electrons. The summed E-state index contributed by atoms with van der Waals surface area (Å²) in [5.74, 6) is -0.968. The summed E-state index contributed by atoms with van der Waals surface area (Å²) < 4.78 is 5.28. The molecular formula is C24H19Cl2N3O3S2. The van der Waals surface area contributed by atoms with Crippen molar-refractivity contribution in [2.24, 2.45) is 11.0 Å². The van der Waals surface area contributed by atoms with Gasteiger partial charge in [0.1, 0.15) is 5.15 Å². The summed E-state index contributed by atoms with van der Waals surface area (Å²) in [6.45, 7) is -0.436. The number of thiophene rings is 2. The van der Waals surface area contributed by atoms with Crippen LogP contribution in [0.5, 0.6) is 0 Å². The number of rotatable bonds is 5. The Balaban J connectivity index is 1.38. The molecule has 0 N–H and O–H groups in total. The first-order chi connectivity index (χ1) is 16.5. The van der Waals surface area contributed by atoms with Gasteiger partial charge in [0.05, 0.1) is 22.3 Å². The van der Waals surface area contributed by atoms with Crippen LogP contribution in [0.1, 0.15) is 45.4 Å². The van der Waals surface area contributed by atoms with E-state index in [4.69, 9.17) is 33.0 Å². The molecule has 1 aliphatic heterocycles. The number of ether oxygens (including phenoxy) is 1. The lowest BCUT2D eigenvalue weighted by Gasteiger charge is -2.28. The molecule has 4 heterocycles. The van der Waals surface area contributed by atoms with Crippen molar-refractivity contribution in [3.63, 3.8) is 0 Å². The second-order valence-corrected chi connectivity index (χ2v) is 10.7. The van der Waals surface area contributed by atoms with Gasteiger partial charge in [0.15, 0.2) is 6.61 Å². The summed E-state index contributed by atoms with van der Waals surface area (Å²) in [6.07, 6.45) is 6.34. The van der Waals surface area contributed by atoms with Crippen molar-refractivity contribution in [1.29, 1.82) is 0 Å². The van der Waals surface area contributed by atoms with Crippen LogP contribution in [0.25, 0.3) is 6.08 Å². The van der Waals surface area contributed by atoms with Crippen LogP contribution in [0, 0.1) is 5.92 Å². The number of hydrogen-bond donors (Lipinski definition) is 0. The van der Waals surface area contributed by atoms with E-state index in [9.17, 15) is 9.59 Å². The number of pyridine rings is 1. The molecule has 3 aromatic rings. The van der Waals surface area contributed by atoms with Gasteiger partial charge < -0.3 is 4.74 Å². The lowest BCUT2D eigenvalue weighted by Crippen LogP contribution is -2.34. The zero-order chi connectivity index (χ0) is 23.7. The molecule has 0 spiro atoms. The number of amides is 1. The minimum atomic E-state index is -0.699. The van der Waals surface area contributed by atoms with E-state index in [2.05, 4.69) is 17.1 Å². The standard InChI is InChI=1S/C24H19Cl2N3O3S2/c25-18-11-15(12-27-23(18)26)24(31)32-13-20(30)29-22(19-7-3-9-34-19)17-6-1-4-14(21(17)28-29)10-16-5-2-8-33-16/h2-3,5,7-12,17,22H,1,4,6,13H2/b14-10-/t17-,22-/m1/s1. The molecule has 34 heavy (non-hydrogen) atoms. The number of carbonyl (C=O) groups is 2. The maximum Gasteiger partial charge on any atom is 0.340 e. The number of carbonyl (C=O) groups excluding carboxylic acids is 2. The molecule has 3 aromatic heterocycles. The van der Waals surface area contributed by atoms with Crippen LogP contribution in [-0.2, 0) is 9.53 Å². The Morgan fingerprint density at radius 2 is 2.03 bits per heavy atom. The number of aromatic nitrogens is 1. The van der Waals surface area contributed by atoms with Crippen molar-refractivity contribution in [3.8, 4) is 0 Å². The van der Waals surface area contributed by atoms with E-state index in [0.717, 1.165) is 35.4 Å². The predicted octanol–water partition coefficient (Wildman–Crippen LogP) is 6.49. The summed E-state index contributed by atoms with van der Waals surface area (Å²) in [7, 11) is 0. The van der Waals surface area contributed by atoms with Crippen molar-refractivity contribution >= 4 is 69.5 Å². The van der Waals surface area contributed by atoms with Gasteiger partial charge in [0.25, 0.3) is 5.91 Å². The van der Waals surface area contributed by atoms with Gasteiger partial charge in [-0.1, -0.05) is 35.3 Å². The molecule has 2 atom stereocenters. The summed E-state index contributed by atoms with van der Waals surface area (Å²) in [4.78, 5) is 31.8. The van der Waals surface area contributed by atoms with Crippen molar-refractivity contribution in [1.82, 2.24) is 9.99 Å². The Bertz CT molecular complexity index is 1270. The first-order valence-corrected chi connectivity index (χ1v) is 13.2. The van der Waals surface area contributed by atoms with Gasteiger partial charge in [-0.15, -0.1) is 22.7 Å². The van der Waals surface area contributed by atoms with Crippen LogP contribution < -0.4 is 0 Å². The largest absolute Gasteiger partial charge is 0.452 e. The molecule has 5 rings (SSSR count). The topological polar surface area (TPSA) is 71.9 Å². The van der Waals surface area contributed by atoms with E-state index in [-0.39, 0.29) is 33.6 Å². The van der Waals surface area contributed by atoms with Crippen LogP contribution in [0.4, 0.5) is 0 Å². The smallest absolute Gasteiger partial charge is 0.340 e. The molecule has 1 fully saturated rings. The summed E-state index contributed by atoms with van der Waals surface area (Å²) in [6, 6.07) is 9.26. The molecule has 0 aromatic carbocycles. The Labute approximate surface area is 214 Å². The molecule has 0 unspecified atom stereocenters. The second kappa shape index (κ2) is 10.00.